The number of carbonyl (C=O) groups is 2. The lowest BCUT2D eigenvalue weighted by Crippen LogP contribution is -2.49. The average molecular weight is 552 g/mol. The number of nitrogens with one attached hydrogen (secondary N) is 2. The van der Waals surface area contributed by atoms with Crippen LogP contribution in [0.15, 0.2) is 42.5 Å². The van der Waals surface area contributed by atoms with Crippen molar-refractivity contribution in [2.24, 2.45) is 0 Å². The molecule has 2 amide bonds. The van der Waals surface area contributed by atoms with E-state index >= 15 is 0 Å². The Bertz CT molecular complexity index is 1090. The molecule has 2 atom stereocenters. The summed E-state index contributed by atoms with van der Waals surface area (Å²) in [5.41, 5.74) is 1.68. The van der Waals surface area contributed by atoms with Crippen LogP contribution in [0.2, 0.25) is 0 Å². The van der Waals surface area contributed by atoms with Crippen LogP contribution in [0.1, 0.15) is 72.4 Å². The SMILES string of the molecule is CCCN(CCC)C(=O)c1cccc(C(=O)N[C@@H](Cc2cccc(OC(F)(F)F)c2)[C@H](O)CNC(C)C)c1C. The van der Waals surface area contributed by atoms with Gasteiger partial charge in [-0.05, 0) is 61.6 Å². The molecule has 10 heteroatoms. The third-order valence-corrected chi connectivity index (χ3v) is 6.19. The first-order valence-corrected chi connectivity index (χ1v) is 13.3. The number of amides is 2. The van der Waals surface area contributed by atoms with E-state index in [1.807, 2.05) is 27.7 Å². The van der Waals surface area contributed by atoms with Crippen molar-refractivity contribution < 1.29 is 32.6 Å². The first-order valence-electron chi connectivity index (χ1n) is 13.3. The molecule has 7 nitrogen and oxygen atoms in total. The number of hydrogen-bond donors (Lipinski definition) is 3. The summed E-state index contributed by atoms with van der Waals surface area (Å²) in [5.74, 6) is -1.02. The van der Waals surface area contributed by atoms with Gasteiger partial charge >= 0.3 is 6.36 Å². The van der Waals surface area contributed by atoms with E-state index in [0.717, 1.165) is 12.8 Å². The first-order chi connectivity index (χ1) is 18.4. The summed E-state index contributed by atoms with van der Waals surface area (Å²) in [7, 11) is 0. The van der Waals surface area contributed by atoms with Gasteiger partial charge in [0.05, 0.1) is 12.1 Å². The molecule has 0 saturated heterocycles. The highest BCUT2D eigenvalue weighted by Gasteiger charge is 2.31. The largest absolute Gasteiger partial charge is 0.573 e. The molecule has 0 aromatic heterocycles. The molecule has 39 heavy (non-hydrogen) atoms. The number of carbonyl (C=O) groups excluding carboxylic acids is 2. The highest BCUT2D eigenvalue weighted by molar-refractivity contribution is 6.02. The van der Waals surface area contributed by atoms with Crippen molar-refractivity contribution in [2.75, 3.05) is 19.6 Å². The summed E-state index contributed by atoms with van der Waals surface area (Å²) in [5, 5.41) is 16.9. The molecule has 0 heterocycles. The maximum atomic E-state index is 13.4. The summed E-state index contributed by atoms with van der Waals surface area (Å²) in [6.07, 6.45) is -4.20. The first kappa shape index (κ1) is 32.1. The standard InChI is InChI=1S/C29H40F3N3O4/c1-6-14-35(15-7-2)28(38)24-13-9-12-23(20(24)5)27(37)34-25(26(36)18-33-19(3)4)17-21-10-8-11-22(16-21)39-29(30,31)32/h8-13,16,19,25-26,33,36H,6-7,14-15,17-18H2,1-5H3,(H,34,37)/t25-,26+/m0/s1. The van der Waals surface area contributed by atoms with Crippen LogP contribution in [0.4, 0.5) is 13.2 Å². The second-order valence-corrected chi connectivity index (χ2v) is 9.88. The molecule has 0 unspecified atom stereocenters. The van der Waals surface area contributed by atoms with Crippen LogP contribution in [0.5, 0.6) is 5.75 Å². The fourth-order valence-corrected chi connectivity index (χ4v) is 4.29. The van der Waals surface area contributed by atoms with Crippen molar-refractivity contribution in [1.29, 1.82) is 0 Å². The Morgan fingerprint density at radius 3 is 2.23 bits per heavy atom. The monoisotopic (exact) mass is 551 g/mol. The summed E-state index contributed by atoms with van der Waals surface area (Å²) in [6.45, 7) is 10.9. The number of nitrogens with zero attached hydrogens (tertiary/aromatic N) is 1. The molecule has 2 rings (SSSR count). The number of rotatable bonds is 14. The third kappa shape index (κ3) is 10.2. The second kappa shape index (κ2) is 14.9. The smallest absolute Gasteiger partial charge is 0.406 e. The fourth-order valence-electron chi connectivity index (χ4n) is 4.29. The molecular weight excluding hydrogens is 511 g/mol. The van der Waals surface area contributed by atoms with Gasteiger partial charge in [-0.3, -0.25) is 9.59 Å². The van der Waals surface area contributed by atoms with E-state index in [2.05, 4.69) is 15.4 Å². The molecule has 0 aliphatic heterocycles. The topological polar surface area (TPSA) is 90.9 Å². The van der Waals surface area contributed by atoms with E-state index in [9.17, 15) is 27.9 Å². The Morgan fingerprint density at radius 2 is 1.64 bits per heavy atom. The van der Waals surface area contributed by atoms with Gasteiger partial charge in [-0.15, -0.1) is 13.2 Å². The molecule has 0 radical (unpaired) electrons. The highest BCUT2D eigenvalue weighted by Crippen LogP contribution is 2.24. The maximum Gasteiger partial charge on any atom is 0.573 e. The maximum absolute atomic E-state index is 13.4. The lowest BCUT2D eigenvalue weighted by Gasteiger charge is -2.26. The number of aliphatic hydroxyl groups excluding tert-OH is 1. The van der Waals surface area contributed by atoms with Gasteiger partial charge in [-0.25, -0.2) is 0 Å². The van der Waals surface area contributed by atoms with Crippen LogP contribution in [0.25, 0.3) is 0 Å². The van der Waals surface area contributed by atoms with E-state index < -0.39 is 24.4 Å². The number of ether oxygens (including phenoxy) is 1. The number of halogens is 3. The predicted molar refractivity (Wildman–Crippen MR) is 145 cm³/mol. The van der Waals surface area contributed by atoms with E-state index in [-0.39, 0.29) is 36.2 Å². The van der Waals surface area contributed by atoms with Gasteiger partial charge in [-0.2, -0.15) is 0 Å². The van der Waals surface area contributed by atoms with E-state index in [0.29, 0.717) is 29.8 Å². The van der Waals surface area contributed by atoms with Crippen LogP contribution >= 0.6 is 0 Å². The normalized spacial score (nSPS) is 13.2. The molecule has 2 aromatic rings. The van der Waals surface area contributed by atoms with Crippen molar-refractivity contribution in [3.8, 4) is 5.75 Å². The molecule has 216 valence electrons. The molecule has 0 fully saturated rings. The van der Waals surface area contributed by atoms with Crippen LogP contribution in [0.3, 0.4) is 0 Å². The Hall–Kier alpha value is -3.11. The Kier molecular flexibility index (Phi) is 12.3. The van der Waals surface area contributed by atoms with Crippen molar-refractivity contribution in [1.82, 2.24) is 15.5 Å². The molecule has 0 aliphatic carbocycles. The van der Waals surface area contributed by atoms with Crippen LogP contribution in [0, 0.1) is 6.92 Å². The van der Waals surface area contributed by atoms with Crippen LogP contribution in [-0.4, -0.2) is 66.0 Å². The van der Waals surface area contributed by atoms with Crippen molar-refractivity contribution in [3.05, 3.63) is 64.7 Å². The van der Waals surface area contributed by atoms with Gasteiger partial charge in [0.2, 0.25) is 0 Å². The van der Waals surface area contributed by atoms with E-state index in [1.54, 1.807) is 36.1 Å². The number of benzene rings is 2. The Balaban J connectivity index is 2.32. The van der Waals surface area contributed by atoms with Crippen LogP contribution in [-0.2, 0) is 6.42 Å². The minimum Gasteiger partial charge on any atom is -0.406 e. The molecule has 0 spiro atoms. The zero-order chi connectivity index (χ0) is 29.2. The van der Waals surface area contributed by atoms with Crippen molar-refractivity contribution in [2.45, 2.75) is 78.4 Å². The number of aliphatic hydroxyl groups is 1. The summed E-state index contributed by atoms with van der Waals surface area (Å²) < 4.78 is 42.1. The van der Waals surface area contributed by atoms with Gasteiger partial charge in [-0.1, -0.05) is 45.9 Å². The fraction of sp³-hybridized carbons (Fsp3) is 0.517. The zero-order valence-corrected chi connectivity index (χ0v) is 23.3. The van der Waals surface area contributed by atoms with E-state index in [1.165, 1.54) is 18.2 Å². The molecule has 0 aliphatic rings. The number of alkyl halides is 3. The van der Waals surface area contributed by atoms with Crippen LogP contribution < -0.4 is 15.4 Å². The molecule has 2 aromatic carbocycles. The Labute approximate surface area is 228 Å². The summed E-state index contributed by atoms with van der Waals surface area (Å²) in [6, 6.07) is 9.63. The molecular formula is C29H40F3N3O4. The lowest BCUT2D eigenvalue weighted by molar-refractivity contribution is -0.274. The average Bonchev–Trinajstić information content (AvgIpc) is 2.85. The van der Waals surface area contributed by atoms with Gasteiger partial charge in [0.25, 0.3) is 11.8 Å². The quantitative estimate of drug-likeness (QED) is 0.312. The van der Waals surface area contributed by atoms with Gasteiger partial charge < -0.3 is 25.4 Å². The summed E-state index contributed by atoms with van der Waals surface area (Å²) in [4.78, 5) is 28.4. The zero-order valence-electron chi connectivity index (χ0n) is 23.3. The van der Waals surface area contributed by atoms with Gasteiger partial charge in [0.15, 0.2) is 0 Å². The molecule has 0 bridgehead atoms. The van der Waals surface area contributed by atoms with E-state index in [4.69, 9.17) is 0 Å². The van der Waals surface area contributed by atoms with Crippen molar-refractivity contribution in [3.63, 3.8) is 0 Å². The summed E-state index contributed by atoms with van der Waals surface area (Å²) >= 11 is 0. The minimum atomic E-state index is -4.84. The predicted octanol–water partition coefficient (Wildman–Crippen LogP) is 4.86. The second-order valence-electron chi connectivity index (χ2n) is 9.88. The minimum absolute atomic E-state index is 0.0557. The lowest BCUT2D eigenvalue weighted by atomic mass is 9.97. The third-order valence-electron chi connectivity index (χ3n) is 6.19. The van der Waals surface area contributed by atoms with Gasteiger partial charge in [0.1, 0.15) is 5.75 Å². The highest BCUT2D eigenvalue weighted by atomic mass is 19.4. The Morgan fingerprint density at radius 1 is 1.03 bits per heavy atom. The van der Waals surface area contributed by atoms with Crippen molar-refractivity contribution >= 4 is 11.8 Å². The molecule has 3 N–H and O–H groups in total. The van der Waals surface area contributed by atoms with Gasteiger partial charge in [0, 0.05) is 36.8 Å². The molecule has 0 saturated carbocycles. The number of hydrogen-bond acceptors (Lipinski definition) is 5.